The second kappa shape index (κ2) is 5.45. The highest BCUT2D eigenvalue weighted by molar-refractivity contribution is 8.04. The molecule has 0 saturated carbocycles. The predicted molar refractivity (Wildman–Crippen MR) is 52.8 cm³/mol. The summed E-state index contributed by atoms with van der Waals surface area (Å²) in [5.41, 5.74) is -0.594. The van der Waals surface area contributed by atoms with E-state index in [2.05, 4.69) is 12.3 Å². The fourth-order valence-electron chi connectivity index (χ4n) is 0.935. The highest BCUT2D eigenvalue weighted by atomic mass is 32.2. The monoisotopic (exact) mass is 187 g/mol. The van der Waals surface area contributed by atoms with E-state index in [-0.39, 0.29) is 0 Å². The summed E-state index contributed by atoms with van der Waals surface area (Å²) < 4.78 is 0. The van der Waals surface area contributed by atoms with Crippen molar-refractivity contribution in [3.8, 4) is 5.40 Å². The third-order valence-corrected chi connectivity index (χ3v) is 2.76. The molecule has 0 aromatic heterocycles. The molecule has 0 heterocycles. The van der Waals surface area contributed by atoms with E-state index in [1.807, 2.05) is 0 Å². The molecule has 0 aliphatic carbocycles. The molecule has 2 nitrogen and oxygen atoms in total. The van der Waals surface area contributed by atoms with Gasteiger partial charge in [0, 0.05) is 5.25 Å². The molecule has 1 unspecified atom stereocenters. The van der Waals surface area contributed by atoms with Crippen molar-refractivity contribution in [1.29, 1.82) is 5.26 Å². The lowest BCUT2D eigenvalue weighted by Crippen LogP contribution is -2.20. The maximum atomic E-state index is 9.44. The highest BCUT2D eigenvalue weighted by Gasteiger charge is 2.15. The summed E-state index contributed by atoms with van der Waals surface area (Å²) in [7, 11) is 0. The van der Waals surface area contributed by atoms with Crippen LogP contribution in [0.15, 0.2) is 0 Å². The molecule has 0 spiro atoms. The summed E-state index contributed by atoms with van der Waals surface area (Å²) in [6, 6.07) is 0. The normalized spacial score (nSPS) is 13.9. The first kappa shape index (κ1) is 11.8. The highest BCUT2D eigenvalue weighted by Crippen LogP contribution is 2.22. The summed E-state index contributed by atoms with van der Waals surface area (Å²) in [5.74, 6) is 0. The molecular formula is C9H17NOS. The number of rotatable bonds is 5. The van der Waals surface area contributed by atoms with Crippen LogP contribution in [0.25, 0.3) is 0 Å². The lowest BCUT2D eigenvalue weighted by Gasteiger charge is -2.19. The quantitative estimate of drug-likeness (QED) is 0.673. The molecule has 0 rings (SSSR count). The van der Waals surface area contributed by atoms with Crippen LogP contribution >= 0.6 is 11.8 Å². The van der Waals surface area contributed by atoms with Gasteiger partial charge in [0.1, 0.15) is 5.40 Å². The fourth-order valence-corrected chi connectivity index (χ4v) is 1.49. The van der Waals surface area contributed by atoms with E-state index in [4.69, 9.17) is 5.26 Å². The molecule has 0 fully saturated rings. The standard InChI is InChI=1S/C9H17NOS/c1-4-8(12-7-10)5-6-9(2,3)11/h8,11H,4-6H2,1-3H3. The Kier molecular flexibility index (Phi) is 5.36. The first-order chi connectivity index (χ1) is 5.49. The van der Waals surface area contributed by atoms with Crippen molar-refractivity contribution in [1.82, 2.24) is 0 Å². The van der Waals surface area contributed by atoms with Crippen molar-refractivity contribution >= 4 is 11.8 Å². The Morgan fingerprint density at radius 2 is 2.17 bits per heavy atom. The predicted octanol–water partition coefficient (Wildman–Crippen LogP) is 2.53. The van der Waals surface area contributed by atoms with Gasteiger partial charge in [0.15, 0.2) is 0 Å². The number of thioether (sulfide) groups is 1. The lowest BCUT2D eigenvalue weighted by atomic mass is 10.0. The molecule has 3 heteroatoms. The first-order valence-electron chi connectivity index (χ1n) is 4.26. The number of aliphatic hydroxyl groups is 1. The summed E-state index contributed by atoms with van der Waals surface area (Å²) in [6.07, 6.45) is 2.67. The minimum Gasteiger partial charge on any atom is -0.390 e. The molecule has 0 aromatic carbocycles. The van der Waals surface area contributed by atoms with Crippen molar-refractivity contribution < 1.29 is 5.11 Å². The largest absolute Gasteiger partial charge is 0.390 e. The third-order valence-electron chi connectivity index (χ3n) is 1.75. The Balaban J connectivity index is 3.67. The molecule has 0 radical (unpaired) electrons. The van der Waals surface area contributed by atoms with Gasteiger partial charge >= 0.3 is 0 Å². The summed E-state index contributed by atoms with van der Waals surface area (Å²) >= 11 is 1.31. The summed E-state index contributed by atoms with van der Waals surface area (Å²) in [4.78, 5) is 0. The number of hydrogen-bond donors (Lipinski definition) is 1. The number of nitriles is 1. The van der Waals surface area contributed by atoms with Crippen LogP contribution in [-0.4, -0.2) is 16.0 Å². The van der Waals surface area contributed by atoms with Gasteiger partial charge in [0.05, 0.1) is 5.60 Å². The molecule has 12 heavy (non-hydrogen) atoms. The van der Waals surface area contributed by atoms with Gasteiger partial charge in [-0.15, -0.1) is 0 Å². The van der Waals surface area contributed by atoms with Gasteiger partial charge in [-0.05, 0) is 44.9 Å². The zero-order valence-corrected chi connectivity index (χ0v) is 8.82. The van der Waals surface area contributed by atoms with Crippen LogP contribution < -0.4 is 0 Å². The van der Waals surface area contributed by atoms with Gasteiger partial charge < -0.3 is 5.11 Å². The number of nitrogens with zero attached hydrogens (tertiary/aromatic N) is 1. The summed E-state index contributed by atoms with van der Waals surface area (Å²) in [5, 5.41) is 20.4. The molecule has 0 saturated heterocycles. The van der Waals surface area contributed by atoms with E-state index in [1.54, 1.807) is 13.8 Å². The molecule has 0 bridgehead atoms. The van der Waals surface area contributed by atoms with Crippen molar-refractivity contribution in [3.63, 3.8) is 0 Å². The van der Waals surface area contributed by atoms with Crippen molar-refractivity contribution in [3.05, 3.63) is 0 Å². The molecule has 70 valence electrons. The zero-order chi connectivity index (χ0) is 9.61. The fraction of sp³-hybridized carbons (Fsp3) is 0.889. The van der Waals surface area contributed by atoms with Gasteiger partial charge in [-0.25, -0.2) is 0 Å². The zero-order valence-electron chi connectivity index (χ0n) is 8.00. The Bertz CT molecular complexity index is 157. The molecule has 0 amide bonds. The van der Waals surface area contributed by atoms with Gasteiger partial charge in [0.25, 0.3) is 0 Å². The van der Waals surface area contributed by atoms with Gasteiger partial charge in [-0.3, -0.25) is 0 Å². The van der Waals surface area contributed by atoms with Crippen molar-refractivity contribution in [2.45, 2.75) is 50.9 Å². The maximum absolute atomic E-state index is 9.44. The second-order valence-electron chi connectivity index (χ2n) is 3.59. The molecule has 1 atom stereocenters. The topological polar surface area (TPSA) is 44.0 Å². The Hall–Kier alpha value is -0.200. The maximum Gasteiger partial charge on any atom is 0.133 e. The van der Waals surface area contributed by atoms with Crippen LogP contribution in [0.4, 0.5) is 0 Å². The minimum atomic E-state index is -0.594. The van der Waals surface area contributed by atoms with E-state index in [1.165, 1.54) is 11.8 Å². The molecule has 1 N–H and O–H groups in total. The molecular weight excluding hydrogens is 170 g/mol. The van der Waals surface area contributed by atoms with Crippen molar-refractivity contribution in [2.24, 2.45) is 0 Å². The van der Waals surface area contributed by atoms with Crippen LogP contribution in [0.1, 0.15) is 40.0 Å². The molecule has 0 aromatic rings. The van der Waals surface area contributed by atoms with E-state index in [0.29, 0.717) is 5.25 Å². The smallest absolute Gasteiger partial charge is 0.133 e. The number of thiocyanates is 1. The minimum absolute atomic E-state index is 0.376. The second-order valence-corrected chi connectivity index (χ2v) is 4.68. The van der Waals surface area contributed by atoms with Gasteiger partial charge in [-0.1, -0.05) is 6.92 Å². The average molecular weight is 187 g/mol. The van der Waals surface area contributed by atoms with Gasteiger partial charge in [0.2, 0.25) is 0 Å². The molecule has 0 aliphatic heterocycles. The SMILES string of the molecule is CCC(CCC(C)(C)O)SC#N. The van der Waals surface area contributed by atoms with E-state index in [0.717, 1.165) is 19.3 Å². The Morgan fingerprint density at radius 1 is 1.58 bits per heavy atom. The van der Waals surface area contributed by atoms with Crippen LogP contribution in [-0.2, 0) is 0 Å². The number of hydrogen-bond acceptors (Lipinski definition) is 3. The van der Waals surface area contributed by atoms with Gasteiger partial charge in [-0.2, -0.15) is 5.26 Å². The van der Waals surface area contributed by atoms with Crippen LogP contribution in [0, 0.1) is 10.7 Å². The first-order valence-corrected chi connectivity index (χ1v) is 5.14. The van der Waals surface area contributed by atoms with Crippen molar-refractivity contribution in [2.75, 3.05) is 0 Å². The Morgan fingerprint density at radius 3 is 2.50 bits per heavy atom. The summed E-state index contributed by atoms with van der Waals surface area (Å²) in [6.45, 7) is 5.67. The lowest BCUT2D eigenvalue weighted by molar-refractivity contribution is 0.0686. The molecule has 0 aliphatic rings. The van der Waals surface area contributed by atoms with Crippen LogP contribution in [0.3, 0.4) is 0 Å². The van der Waals surface area contributed by atoms with E-state index < -0.39 is 5.60 Å². The third kappa shape index (κ3) is 6.51. The van der Waals surface area contributed by atoms with Crippen LogP contribution in [0.5, 0.6) is 0 Å². The van der Waals surface area contributed by atoms with E-state index >= 15 is 0 Å². The van der Waals surface area contributed by atoms with Crippen LogP contribution in [0.2, 0.25) is 0 Å². The van der Waals surface area contributed by atoms with E-state index in [9.17, 15) is 5.11 Å². The Labute approximate surface area is 79.0 Å². The average Bonchev–Trinajstić information content (AvgIpc) is 1.96.